The molecule has 8 N–H and O–H groups in total. The maximum absolute atomic E-state index is 13.2. The molecule has 0 atom stereocenters. The Kier molecular flexibility index (Phi) is 9.76. The van der Waals surface area contributed by atoms with E-state index in [-0.39, 0.29) is 66.9 Å². The van der Waals surface area contributed by atoms with Crippen molar-refractivity contribution >= 4 is 88.2 Å². The number of fused-ring (bicyclic) bond motifs is 2. The molecule has 0 aliphatic heterocycles. The molecule has 0 spiro atoms. The molecule has 18 heteroatoms. The third-order valence-electron chi connectivity index (χ3n) is 7.98. The van der Waals surface area contributed by atoms with Crippen molar-refractivity contribution in [3.63, 3.8) is 0 Å². The molecule has 274 valence electrons. The van der Waals surface area contributed by atoms with Crippen molar-refractivity contribution in [2.45, 2.75) is 9.79 Å². The van der Waals surface area contributed by atoms with Crippen LogP contribution in [-0.2, 0) is 29.8 Å². The highest BCUT2D eigenvalue weighted by Crippen LogP contribution is 2.37. The highest BCUT2D eigenvalue weighted by Gasteiger charge is 2.22. The summed E-state index contributed by atoms with van der Waals surface area (Å²) in [6, 6.07) is 23.3. The number of phenolic OH excluding ortho intramolecular Hbond substituents is 2. The van der Waals surface area contributed by atoms with Gasteiger partial charge >= 0.3 is 11.8 Å². The number of carbonyl (C=O) groups excluding carboxylic acids is 4. The van der Waals surface area contributed by atoms with E-state index in [1.807, 2.05) is 0 Å². The first-order valence-electron chi connectivity index (χ1n) is 15.4. The van der Waals surface area contributed by atoms with E-state index in [0.29, 0.717) is 0 Å². The van der Waals surface area contributed by atoms with Gasteiger partial charge in [0.15, 0.2) is 0 Å². The minimum atomic E-state index is -4.76. The summed E-state index contributed by atoms with van der Waals surface area (Å²) in [5.41, 5.74) is -0.105. The predicted octanol–water partition coefficient (Wildman–Crippen LogP) is 4.98. The molecule has 0 fully saturated rings. The Hall–Kier alpha value is -6.86. The fraction of sp³-hybridized carbons (Fsp3) is 0. The lowest BCUT2D eigenvalue weighted by Gasteiger charge is -2.13. The second kappa shape index (κ2) is 14.3. The van der Waals surface area contributed by atoms with E-state index in [2.05, 4.69) is 21.3 Å². The molecular formula is C36H26N4O12S2. The third-order valence-corrected chi connectivity index (χ3v) is 9.77. The van der Waals surface area contributed by atoms with Crippen LogP contribution in [0, 0.1) is 0 Å². The van der Waals surface area contributed by atoms with E-state index in [0.717, 1.165) is 12.1 Å². The number of aromatic hydroxyl groups is 2. The number of hydrogen-bond acceptors (Lipinski definition) is 10. The quantitative estimate of drug-likeness (QED) is 0.0579. The van der Waals surface area contributed by atoms with Crippen molar-refractivity contribution < 1.29 is 55.3 Å². The maximum Gasteiger partial charge on any atom is 0.314 e. The second-order valence-electron chi connectivity index (χ2n) is 11.6. The van der Waals surface area contributed by atoms with Gasteiger partial charge < -0.3 is 31.5 Å². The molecule has 0 aliphatic carbocycles. The number of phenols is 2. The molecule has 0 bridgehead atoms. The van der Waals surface area contributed by atoms with Crippen molar-refractivity contribution in [3.05, 3.63) is 120 Å². The third kappa shape index (κ3) is 7.66. The fourth-order valence-corrected chi connectivity index (χ4v) is 7.05. The summed E-state index contributed by atoms with van der Waals surface area (Å²) in [6.45, 7) is 0. The summed E-state index contributed by atoms with van der Waals surface area (Å²) in [6.07, 6.45) is 0. The fourth-order valence-electron chi connectivity index (χ4n) is 5.59. The van der Waals surface area contributed by atoms with Crippen LogP contribution in [0.1, 0.15) is 20.7 Å². The van der Waals surface area contributed by atoms with Gasteiger partial charge in [-0.1, -0.05) is 36.4 Å². The molecule has 0 saturated carbocycles. The van der Waals surface area contributed by atoms with E-state index < -0.39 is 53.7 Å². The van der Waals surface area contributed by atoms with Crippen LogP contribution in [0.4, 0.5) is 22.7 Å². The van der Waals surface area contributed by atoms with E-state index in [9.17, 15) is 55.3 Å². The van der Waals surface area contributed by atoms with Gasteiger partial charge in [0.1, 0.15) is 21.3 Å². The average molecular weight is 771 g/mol. The van der Waals surface area contributed by atoms with E-state index in [1.165, 1.54) is 97.1 Å². The van der Waals surface area contributed by atoms with Gasteiger partial charge in [-0.15, -0.1) is 0 Å². The van der Waals surface area contributed by atoms with Crippen LogP contribution < -0.4 is 21.3 Å². The molecule has 6 aromatic rings. The Morgan fingerprint density at radius 2 is 0.833 bits per heavy atom. The van der Waals surface area contributed by atoms with Gasteiger partial charge in [0.2, 0.25) is 0 Å². The molecule has 6 rings (SSSR count). The van der Waals surface area contributed by atoms with E-state index in [4.69, 9.17) is 0 Å². The van der Waals surface area contributed by atoms with Gasteiger partial charge in [0, 0.05) is 44.0 Å². The number of anilines is 4. The zero-order chi connectivity index (χ0) is 38.9. The van der Waals surface area contributed by atoms with Crippen molar-refractivity contribution in [3.8, 4) is 11.5 Å². The highest BCUT2D eigenvalue weighted by atomic mass is 32.2. The average Bonchev–Trinajstić information content (AvgIpc) is 3.13. The van der Waals surface area contributed by atoms with Crippen LogP contribution in [0.2, 0.25) is 0 Å². The summed E-state index contributed by atoms with van der Waals surface area (Å²) in [4.78, 5) is 51.0. The number of benzene rings is 6. The van der Waals surface area contributed by atoms with Crippen LogP contribution in [0.3, 0.4) is 0 Å². The summed E-state index contributed by atoms with van der Waals surface area (Å²) < 4.78 is 67.6. The highest BCUT2D eigenvalue weighted by molar-refractivity contribution is 7.86. The molecule has 0 unspecified atom stereocenters. The molecule has 54 heavy (non-hydrogen) atoms. The summed E-state index contributed by atoms with van der Waals surface area (Å²) >= 11 is 0. The van der Waals surface area contributed by atoms with E-state index >= 15 is 0 Å². The lowest BCUT2D eigenvalue weighted by molar-refractivity contribution is -0.132. The predicted molar refractivity (Wildman–Crippen MR) is 197 cm³/mol. The van der Waals surface area contributed by atoms with Crippen molar-refractivity contribution in [1.29, 1.82) is 0 Å². The molecule has 0 radical (unpaired) electrons. The topological polar surface area (TPSA) is 266 Å². The van der Waals surface area contributed by atoms with Crippen LogP contribution >= 0.6 is 0 Å². The Labute approximate surface area is 305 Å². The lowest BCUT2D eigenvalue weighted by atomic mass is 10.1. The standard InChI is InChI=1S/C36H26N4O12S2/c41-27-15-13-25(31-23(27)9-3-11-29(31)53(47,48)49)39-33(43)19-5-1-7-21(17-19)37-35(45)36(46)38-22-8-2-6-20(18-22)34(44)40-26-14-16-28(42)24-10-4-12-30(32(24)26)54(50,51)52/h1-18,41-42H,(H,37,45)(H,38,46)(H,39,43)(H,40,44)(H,47,48,49)(H,50,51,52). The number of hydrogen-bond donors (Lipinski definition) is 8. The molecule has 16 nitrogen and oxygen atoms in total. The number of carbonyl (C=O) groups is 4. The van der Waals surface area contributed by atoms with Crippen molar-refractivity contribution in [2.24, 2.45) is 0 Å². The minimum Gasteiger partial charge on any atom is -0.507 e. The SMILES string of the molecule is O=C(Nc1cccc(C(=O)Nc2ccc(O)c3cccc(S(=O)(=O)O)c23)c1)C(=O)Nc1cccc(C(=O)Nc2ccc(O)c3cccc(S(=O)(=O)O)c23)c1. The molecule has 6 aromatic carbocycles. The molecule has 0 heterocycles. The van der Waals surface area contributed by atoms with Gasteiger partial charge in [0.05, 0.1) is 11.4 Å². The van der Waals surface area contributed by atoms with Crippen molar-refractivity contribution in [2.75, 3.05) is 21.3 Å². The van der Waals surface area contributed by atoms with E-state index in [1.54, 1.807) is 0 Å². The number of nitrogens with one attached hydrogen (secondary N) is 4. The minimum absolute atomic E-state index is 0.0236. The smallest absolute Gasteiger partial charge is 0.314 e. The monoisotopic (exact) mass is 770 g/mol. The first-order valence-corrected chi connectivity index (χ1v) is 18.3. The van der Waals surface area contributed by atoms with Crippen LogP contribution in [0.25, 0.3) is 21.5 Å². The number of rotatable bonds is 8. The lowest BCUT2D eigenvalue weighted by Crippen LogP contribution is -2.29. The number of amides is 4. The largest absolute Gasteiger partial charge is 0.507 e. The first kappa shape index (κ1) is 36.9. The van der Waals surface area contributed by atoms with Gasteiger partial charge in [-0.05, 0) is 72.8 Å². The maximum atomic E-state index is 13.2. The van der Waals surface area contributed by atoms with Crippen molar-refractivity contribution in [1.82, 2.24) is 0 Å². The van der Waals surface area contributed by atoms with Gasteiger partial charge in [-0.2, -0.15) is 16.8 Å². The Morgan fingerprint density at radius 3 is 1.20 bits per heavy atom. The second-order valence-corrected chi connectivity index (χ2v) is 14.3. The molecule has 0 saturated heterocycles. The first-order chi connectivity index (χ1) is 25.5. The van der Waals surface area contributed by atoms with Crippen LogP contribution in [0.15, 0.2) is 119 Å². The van der Waals surface area contributed by atoms with Gasteiger partial charge in [-0.3, -0.25) is 28.3 Å². The zero-order valence-electron chi connectivity index (χ0n) is 27.3. The summed E-state index contributed by atoms with van der Waals surface area (Å²) in [7, 11) is -9.51. The Bertz CT molecular complexity index is 2600. The molecular weight excluding hydrogens is 745 g/mol. The molecule has 0 aliphatic rings. The Morgan fingerprint density at radius 1 is 0.463 bits per heavy atom. The normalized spacial score (nSPS) is 11.5. The summed E-state index contributed by atoms with van der Waals surface area (Å²) in [5.74, 6) is -4.44. The van der Waals surface area contributed by atoms with Crippen LogP contribution in [-0.4, -0.2) is 59.8 Å². The van der Waals surface area contributed by atoms with Gasteiger partial charge in [0.25, 0.3) is 32.1 Å². The summed E-state index contributed by atoms with van der Waals surface area (Å²) in [5, 5.41) is 30.1. The molecule has 4 amide bonds. The van der Waals surface area contributed by atoms with Crippen LogP contribution in [0.5, 0.6) is 11.5 Å². The molecule has 0 aromatic heterocycles. The zero-order valence-corrected chi connectivity index (χ0v) is 28.9. The Balaban J connectivity index is 1.15. The van der Waals surface area contributed by atoms with Gasteiger partial charge in [-0.25, -0.2) is 0 Å².